The number of ether oxygens (including phenoxy) is 1. The summed E-state index contributed by atoms with van der Waals surface area (Å²) in [5.41, 5.74) is 2.34. The van der Waals surface area contributed by atoms with Crippen molar-refractivity contribution in [2.24, 2.45) is 0 Å². The molecule has 0 radical (unpaired) electrons. The number of amides is 1. The molecule has 2 aliphatic rings. The maximum absolute atomic E-state index is 14.6. The van der Waals surface area contributed by atoms with Gasteiger partial charge in [0.15, 0.2) is 0 Å². The zero-order valence-electron chi connectivity index (χ0n) is 15.5. The van der Waals surface area contributed by atoms with Crippen LogP contribution in [0, 0.1) is 17.1 Å². The zero-order valence-corrected chi connectivity index (χ0v) is 15.5. The summed E-state index contributed by atoms with van der Waals surface area (Å²) in [4.78, 5) is 14.6. The Morgan fingerprint density at radius 1 is 1.18 bits per heavy atom. The number of hydrogen-bond acceptors (Lipinski definition) is 3. The van der Waals surface area contributed by atoms with E-state index in [0.717, 1.165) is 30.4 Å². The molecule has 0 aliphatic carbocycles. The van der Waals surface area contributed by atoms with Crippen LogP contribution in [-0.4, -0.2) is 23.1 Å². The third-order valence-electron chi connectivity index (χ3n) is 5.52. The molecule has 28 heavy (non-hydrogen) atoms. The first-order chi connectivity index (χ1) is 13.7. The summed E-state index contributed by atoms with van der Waals surface area (Å²) >= 11 is 0. The minimum atomic E-state index is -0.477. The van der Waals surface area contributed by atoms with Gasteiger partial charge in [0.25, 0.3) is 0 Å². The van der Waals surface area contributed by atoms with Crippen molar-refractivity contribution in [3.05, 3.63) is 77.1 Å². The Labute approximate surface area is 163 Å². The molecule has 2 aromatic rings. The Hall–Kier alpha value is -3.13. The molecule has 1 fully saturated rings. The molecule has 0 saturated carbocycles. The van der Waals surface area contributed by atoms with Gasteiger partial charge in [-0.15, -0.1) is 0 Å². The number of hydrogen-bond donors (Lipinski definition) is 0. The van der Waals surface area contributed by atoms with Crippen LogP contribution in [0.5, 0.6) is 0 Å². The lowest BCUT2D eigenvalue weighted by atomic mass is 9.82. The minimum absolute atomic E-state index is 0.00725. The minimum Gasteiger partial charge on any atom is -0.445 e. The highest BCUT2D eigenvalue weighted by Crippen LogP contribution is 2.38. The summed E-state index contributed by atoms with van der Waals surface area (Å²) in [6.45, 7) is 0.241. The first-order valence-electron chi connectivity index (χ1n) is 9.56. The summed E-state index contributed by atoms with van der Waals surface area (Å²) in [5.74, 6) is -0.477. The highest BCUT2D eigenvalue weighted by Gasteiger charge is 2.38. The van der Waals surface area contributed by atoms with E-state index in [1.165, 1.54) is 6.07 Å². The molecule has 2 atom stereocenters. The Kier molecular flexibility index (Phi) is 5.12. The summed E-state index contributed by atoms with van der Waals surface area (Å²) in [6, 6.07) is 16.3. The molecule has 2 aliphatic heterocycles. The molecule has 0 spiro atoms. The van der Waals surface area contributed by atoms with Crippen LogP contribution < -0.4 is 0 Å². The molecule has 2 bridgehead atoms. The Balaban J connectivity index is 1.55. The molecule has 5 heteroatoms. The van der Waals surface area contributed by atoms with Crippen LogP contribution >= 0.6 is 0 Å². The molecular formula is C23H21FN2O2. The maximum Gasteiger partial charge on any atom is 0.410 e. The summed E-state index contributed by atoms with van der Waals surface area (Å²) < 4.78 is 20.2. The van der Waals surface area contributed by atoms with E-state index in [-0.39, 0.29) is 30.3 Å². The third kappa shape index (κ3) is 3.50. The number of nitriles is 1. The SMILES string of the molecule is N#Cc1cccc(C2=CC3CCCC(C2)N3C(=O)OCc2ccccc2)c1F. The lowest BCUT2D eigenvalue weighted by molar-refractivity contribution is 0.0510. The number of rotatable bonds is 3. The van der Waals surface area contributed by atoms with E-state index in [1.54, 1.807) is 12.1 Å². The molecule has 1 saturated heterocycles. The fourth-order valence-electron chi connectivity index (χ4n) is 4.17. The summed E-state index contributed by atoms with van der Waals surface area (Å²) in [5, 5.41) is 9.09. The molecule has 1 amide bonds. The molecule has 2 aromatic carbocycles. The third-order valence-corrected chi connectivity index (χ3v) is 5.52. The molecular weight excluding hydrogens is 355 g/mol. The van der Waals surface area contributed by atoms with E-state index in [2.05, 4.69) is 0 Å². The monoisotopic (exact) mass is 376 g/mol. The smallest absolute Gasteiger partial charge is 0.410 e. The molecule has 0 aromatic heterocycles. The molecule has 2 unspecified atom stereocenters. The van der Waals surface area contributed by atoms with Crippen LogP contribution in [0.4, 0.5) is 9.18 Å². The van der Waals surface area contributed by atoms with Crippen molar-refractivity contribution in [1.29, 1.82) is 5.26 Å². The topological polar surface area (TPSA) is 53.3 Å². The van der Waals surface area contributed by atoms with Gasteiger partial charge >= 0.3 is 6.09 Å². The van der Waals surface area contributed by atoms with Crippen molar-refractivity contribution in [1.82, 2.24) is 4.90 Å². The summed E-state index contributed by atoms with van der Waals surface area (Å²) in [6.07, 6.45) is 4.96. The van der Waals surface area contributed by atoms with Gasteiger partial charge < -0.3 is 4.74 Å². The Morgan fingerprint density at radius 2 is 2.00 bits per heavy atom. The molecule has 4 rings (SSSR count). The average molecular weight is 376 g/mol. The van der Waals surface area contributed by atoms with Crippen molar-refractivity contribution >= 4 is 11.7 Å². The fraction of sp³-hybridized carbons (Fsp3) is 0.304. The zero-order chi connectivity index (χ0) is 19.5. The van der Waals surface area contributed by atoms with Crippen molar-refractivity contribution in [3.8, 4) is 6.07 Å². The number of halogens is 1. The van der Waals surface area contributed by atoms with Gasteiger partial charge in [0.2, 0.25) is 0 Å². The number of nitrogens with zero attached hydrogens (tertiary/aromatic N) is 2. The van der Waals surface area contributed by atoms with E-state index in [9.17, 15) is 9.18 Å². The fourth-order valence-corrected chi connectivity index (χ4v) is 4.17. The Bertz CT molecular complexity index is 949. The van der Waals surface area contributed by atoms with Crippen LogP contribution in [0.25, 0.3) is 5.57 Å². The standard InChI is InChI=1S/C23H21FN2O2/c24-22-17(14-25)8-4-11-21(22)18-12-19-9-5-10-20(13-18)26(19)23(27)28-15-16-6-2-1-3-7-16/h1-4,6-8,11-12,19-20H,5,9-10,13,15H2. The normalized spacial score (nSPS) is 20.9. The van der Waals surface area contributed by atoms with E-state index in [1.807, 2.05) is 47.4 Å². The van der Waals surface area contributed by atoms with Crippen LogP contribution in [-0.2, 0) is 11.3 Å². The summed E-state index contributed by atoms with van der Waals surface area (Å²) in [7, 11) is 0. The van der Waals surface area contributed by atoms with Gasteiger partial charge in [0, 0.05) is 11.6 Å². The predicted octanol–water partition coefficient (Wildman–Crippen LogP) is 5.04. The molecule has 2 heterocycles. The van der Waals surface area contributed by atoms with Crippen LogP contribution in [0.3, 0.4) is 0 Å². The van der Waals surface area contributed by atoms with Crippen LogP contribution in [0.15, 0.2) is 54.6 Å². The van der Waals surface area contributed by atoms with E-state index >= 15 is 0 Å². The average Bonchev–Trinajstić information content (AvgIpc) is 2.72. The second kappa shape index (κ2) is 7.85. The number of fused-ring (bicyclic) bond motifs is 2. The van der Waals surface area contributed by atoms with Gasteiger partial charge in [-0.05, 0) is 42.9 Å². The molecule has 4 nitrogen and oxygen atoms in total. The number of benzene rings is 2. The maximum atomic E-state index is 14.6. The number of carbonyl (C=O) groups is 1. The van der Waals surface area contributed by atoms with Gasteiger partial charge in [0.1, 0.15) is 18.5 Å². The van der Waals surface area contributed by atoms with Crippen molar-refractivity contribution in [2.75, 3.05) is 0 Å². The molecule has 0 N–H and O–H groups in total. The number of piperidine rings is 1. The largest absolute Gasteiger partial charge is 0.445 e. The van der Waals surface area contributed by atoms with Gasteiger partial charge in [-0.1, -0.05) is 48.5 Å². The van der Waals surface area contributed by atoms with Crippen molar-refractivity contribution in [2.45, 2.75) is 44.4 Å². The second-order valence-corrected chi connectivity index (χ2v) is 7.27. The second-order valence-electron chi connectivity index (χ2n) is 7.27. The lowest BCUT2D eigenvalue weighted by Crippen LogP contribution is -2.51. The highest BCUT2D eigenvalue weighted by molar-refractivity contribution is 5.75. The van der Waals surface area contributed by atoms with Crippen LogP contribution in [0.2, 0.25) is 0 Å². The van der Waals surface area contributed by atoms with Crippen LogP contribution in [0.1, 0.15) is 42.4 Å². The highest BCUT2D eigenvalue weighted by atomic mass is 19.1. The van der Waals surface area contributed by atoms with Gasteiger partial charge in [0.05, 0.1) is 11.6 Å². The quantitative estimate of drug-likeness (QED) is 0.754. The van der Waals surface area contributed by atoms with Crippen molar-refractivity contribution < 1.29 is 13.9 Å². The van der Waals surface area contributed by atoms with Crippen molar-refractivity contribution in [3.63, 3.8) is 0 Å². The lowest BCUT2D eigenvalue weighted by Gasteiger charge is -2.44. The van der Waals surface area contributed by atoms with Gasteiger partial charge in [-0.25, -0.2) is 9.18 Å². The Morgan fingerprint density at radius 3 is 2.75 bits per heavy atom. The number of carbonyl (C=O) groups excluding carboxylic acids is 1. The van der Waals surface area contributed by atoms with Gasteiger partial charge in [-0.2, -0.15) is 5.26 Å². The predicted molar refractivity (Wildman–Crippen MR) is 104 cm³/mol. The first kappa shape index (κ1) is 18.2. The molecule has 142 valence electrons. The first-order valence-corrected chi connectivity index (χ1v) is 9.56. The van der Waals surface area contributed by atoms with E-state index in [0.29, 0.717) is 12.0 Å². The van der Waals surface area contributed by atoms with E-state index < -0.39 is 5.82 Å². The van der Waals surface area contributed by atoms with Gasteiger partial charge in [-0.3, -0.25) is 4.90 Å². The van der Waals surface area contributed by atoms with E-state index in [4.69, 9.17) is 10.00 Å².